The van der Waals surface area contributed by atoms with Crippen LogP contribution in [0.15, 0.2) is 54.6 Å². The van der Waals surface area contributed by atoms with Crippen molar-refractivity contribution in [2.45, 2.75) is 127 Å². The second-order valence-electron chi connectivity index (χ2n) is 15.4. The molecule has 2 bridgehead atoms. The fourth-order valence-corrected chi connectivity index (χ4v) is 8.48. The highest BCUT2D eigenvalue weighted by Crippen LogP contribution is 2.58. The first kappa shape index (κ1) is 43.2. The lowest BCUT2D eigenvalue weighted by Crippen LogP contribution is -2.69. The van der Waals surface area contributed by atoms with E-state index in [1.165, 1.54) is 11.1 Å². The van der Waals surface area contributed by atoms with Crippen LogP contribution < -0.4 is 10.6 Å². The van der Waals surface area contributed by atoms with E-state index in [0.29, 0.717) is 35.1 Å². The molecule has 3 heterocycles. The smallest absolute Gasteiger partial charge is 0.422 e. The summed E-state index contributed by atoms with van der Waals surface area (Å²) in [5.74, 6) is -3.59. The molecule has 1 saturated carbocycles. The summed E-state index contributed by atoms with van der Waals surface area (Å²) >= 11 is 0. The van der Waals surface area contributed by atoms with E-state index in [-0.39, 0.29) is 38.6 Å². The number of carbonyl (C=O) groups is 4. The second kappa shape index (κ2) is 18.7. The highest BCUT2D eigenvalue weighted by Gasteiger charge is 2.76. The fraction of sp³-hybridized carbons (Fsp3) is 0.571. The minimum Gasteiger partial charge on any atom is -0.458 e. The lowest BCUT2D eigenvalue weighted by Gasteiger charge is -2.48. The standard InChI is InChI=1S/C42H52F3N3O10/c1-3-5-7-17-40(18-8-6-4-2)56-33-31-23-41(39(53)47-24-28-12-10-14-30(22-28)37(51)46-19-20-49)35(38(52)55-31)48(58-36(41)34(33)57-40)25-29-13-9-11-27(21-29)15-16-32(50)54-26-42(43,44)45/h9-16,21-22,31,33-36,49H,3-8,17-20,23-26H2,1-2H3,(H,46,51)(H,47,53)/t31?,33-,34-,35-,36+,41?/m0/s1. The van der Waals surface area contributed by atoms with Crippen molar-refractivity contribution in [2.75, 3.05) is 19.8 Å². The molecule has 3 aliphatic heterocycles. The minimum atomic E-state index is -4.66. The van der Waals surface area contributed by atoms with Gasteiger partial charge in [0, 0.05) is 44.0 Å². The van der Waals surface area contributed by atoms with Gasteiger partial charge in [-0.1, -0.05) is 75.9 Å². The number of hydrogen-bond donors (Lipinski definition) is 3. The lowest BCUT2D eigenvalue weighted by molar-refractivity contribution is -0.224. The largest absolute Gasteiger partial charge is 0.458 e. The molecule has 6 rings (SSSR count). The summed E-state index contributed by atoms with van der Waals surface area (Å²) in [6.45, 7) is 2.44. The number of rotatable bonds is 19. The van der Waals surface area contributed by atoms with Gasteiger partial charge < -0.3 is 34.7 Å². The van der Waals surface area contributed by atoms with Gasteiger partial charge in [0.25, 0.3) is 5.91 Å². The van der Waals surface area contributed by atoms with Gasteiger partial charge in [-0.15, -0.1) is 0 Å². The summed E-state index contributed by atoms with van der Waals surface area (Å²) in [6, 6.07) is 12.3. The molecule has 0 radical (unpaired) electrons. The number of hydroxylamine groups is 2. The zero-order chi connectivity index (χ0) is 41.5. The highest BCUT2D eigenvalue weighted by atomic mass is 19.4. The number of fused-ring (bicyclic) bond motifs is 4. The number of aliphatic hydroxyl groups is 1. The lowest BCUT2D eigenvalue weighted by atomic mass is 9.62. The van der Waals surface area contributed by atoms with Gasteiger partial charge in [-0.05, 0) is 47.7 Å². The van der Waals surface area contributed by atoms with Crippen molar-refractivity contribution in [3.8, 4) is 0 Å². The van der Waals surface area contributed by atoms with E-state index >= 15 is 0 Å². The van der Waals surface area contributed by atoms with Crippen molar-refractivity contribution in [1.82, 2.24) is 15.7 Å². The molecule has 2 unspecified atom stereocenters. The molecule has 16 heteroatoms. The Labute approximate surface area is 335 Å². The number of amides is 2. The van der Waals surface area contributed by atoms with E-state index in [1.54, 1.807) is 48.5 Å². The topological polar surface area (TPSA) is 162 Å². The normalized spacial score (nSPS) is 26.0. The molecule has 2 aromatic rings. The number of nitrogens with zero attached hydrogens (tertiary/aromatic N) is 1. The third-order valence-corrected chi connectivity index (χ3v) is 11.1. The molecule has 0 aromatic heterocycles. The van der Waals surface area contributed by atoms with Gasteiger partial charge in [0.1, 0.15) is 29.8 Å². The van der Waals surface area contributed by atoms with E-state index in [4.69, 9.17) is 24.2 Å². The Hall–Kier alpha value is -4.35. The zero-order valence-corrected chi connectivity index (χ0v) is 32.8. The SMILES string of the molecule is CCCCCC1(CCCCC)O[C@@H]2[C@H]3ON(Cc4cccc(C=CC(=O)OCC(F)(F)F)c4)[C@H]4C(=O)OC(CC34C(=O)NCc3cccc(C(=O)NCCO)c3)[C@@H]2O1. The zero-order valence-electron chi connectivity index (χ0n) is 32.8. The molecule has 1 aliphatic carbocycles. The van der Waals surface area contributed by atoms with Crippen LogP contribution in [0.3, 0.4) is 0 Å². The number of esters is 2. The van der Waals surface area contributed by atoms with Crippen molar-refractivity contribution in [2.24, 2.45) is 5.41 Å². The molecule has 13 nitrogen and oxygen atoms in total. The Morgan fingerprint density at radius 3 is 2.38 bits per heavy atom. The third kappa shape index (κ3) is 9.74. The number of unbranched alkanes of at least 4 members (excludes halogenated alkanes) is 4. The monoisotopic (exact) mass is 815 g/mol. The van der Waals surface area contributed by atoms with Gasteiger partial charge in [-0.2, -0.15) is 18.2 Å². The van der Waals surface area contributed by atoms with E-state index in [1.807, 2.05) is 0 Å². The number of hydrogen-bond acceptors (Lipinski definition) is 11. The Morgan fingerprint density at radius 2 is 1.67 bits per heavy atom. The van der Waals surface area contributed by atoms with Crippen molar-refractivity contribution in [1.29, 1.82) is 0 Å². The van der Waals surface area contributed by atoms with Crippen molar-refractivity contribution >= 4 is 29.8 Å². The minimum absolute atomic E-state index is 0.00243. The first-order valence-corrected chi connectivity index (χ1v) is 20.1. The van der Waals surface area contributed by atoms with Crippen molar-refractivity contribution in [3.63, 3.8) is 0 Å². The van der Waals surface area contributed by atoms with E-state index in [9.17, 15) is 32.3 Å². The summed E-state index contributed by atoms with van der Waals surface area (Å²) < 4.78 is 61.7. The summed E-state index contributed by atoms with van der Waals surface area (Å²) in [7, 11) is 0. The molecular weight excluding hydrogens is 763 g/mol. The van der Waals surface area contributed by atoms with E-state index in [0.717, 1.165) is 44.6 Å². The molecule has 4 aliphatic rings. The van der Waals surface area contributed by atoms with Crippen LogP contribution in [0.2, 0.25) is 0 Å². The molecule has 0 spiro atoms. The molecule has 316 valence electrons. The maximum Gasteiger partial charge on any atom is 0.422 e. The maximum absolute atomic E-state index is 14.8. The molecule has 3 saturated heterocycles. The summed E-state index contributed by atoms with van der Waals surface area (Å²) in [5, 5.41) is 16.2. The maximum atomic E-state index is 14.8. The average Bonchev–Trinajstić information content (AvgIpc) is 3.76. The number of nitrogens with one attached hydrogen (secondary N) is 2. The molecule has 2 aromatic carbocycles. The Kier molecular flexibility index (Phi) is 13.9. The van der Waals surface area contributed by atoms with Gasteiger partial charge in [0.2, 0.25) is 5.91 Å². The first-order chi connectivity index (χ1) is 27.8. The van der Waals surface area contributed by atoms with Crippen LogP contribution in [-0.4, -0.2) is 96.1 Å². The van der Waals surface area contributed by atoms with E-state index < -0.39 is 72.3 Å². The van der Waals surface area contributed by atoms with Crippen LogP contribution in [0.4, 0.5) is 13.2 Å². The number of halogens is 3. The van der Waals surface area contributed by atoms with Gasteiger partial charge in [-0.25, -0.2) is 4.79 Å². The first-order valence-electron chi connectivity index (χ1n) is 20.1. The highest BCUT2D eigenvalue weighted by molar-refractivity contribution is 5.95. The number of aliphatic hydroxyl groups excluding tert-OH is 1. The van der Waals surface area contributed by atoms with Gasteiger partial charge in [-0.3, -0.25) is 19.2 Å². The predicted octanol–water partition coefficient (Wildman–Crippen LogP) is 5.28. The predicted molar refractivity (Wildman–Crippen MR) is 202 cm³/mol. The number of carbonyl (C=O) groups excluding carboxylic acids is 4. The summed E-state index contributed by atoms with van der Waals surface area (Å²) in [5.41, 5.74) is 0.599. The number of ether oxygens (including phenoxy) is 4. The van der Waals surface area contributed by atoms with Crippen LogP contribution >= 0.6 is 0 Å². The number of alkyl halides is 3. The van der Waals surface area contributed by atoms with Crippen molar-refractivity contribution in [3.05, 3.63) is 76.9 Å². The van der Waals surface area contributed by atoms with Crippen LogP contribution in [0.1, 0.15) is 98.7 Å². The molecule has 3 N–H and O–H groups in total. The molecule has 2 amide bonds. The second-order valence-corrected chi connectivity index (χ2v) is 15.4. The molecule has 58 heavy (non-hydrogen) atoms. The molecule has 4 fully saturated rings. The summed E-state index contributed by atoms with van der Waals surface area (Å²) in [6.07, 6.45) is 1.41. The van der Waals surface area contributed by atoms with Crippen LogP contribution in [-0.2, 0) is 51.3 Å². The molecule has 6 atom stereocenters. The van der Waals surface area contributed by atoms with Gasteiger partial charge >= 0.3 is 18.1 Å². The van der Waals surface area contributed by atoms with Crippen LogP contribution in [0.25, 0.3) is 6.08 Å². The average molecular weight is 816 g/mol. The van der Waals surface area contributed by atoms with Crippen LogP contribution in [0, 0.1) is 5.41 Å². The van der Waals surface area contributed by atoms with Gasteiger partial charge in [0.05, 0.1) is 13.2 Å². The fourth-order valence-electron chi connectivity index (χ4n) is 8.48. The quantitative estimate of drug-likeness (QED) is 0.0961. The third-order valence-electron chi connectivity index (χ3n) is 11.1. The van der Waals surface area contributed by atoms with Crippen LogP contribution in [0.5, 0.6) is 0 Å². The van der Waals surface area contributed by atoms with Crippen molar-refractivity contribution < 1.29 is 61.2 Å². The molecular formula is C42H52F3N3O10. The Balaban J connectivity index is 1.29. The van der Waals surface area contributed by atoms with E-state index in [2.05, 4.69) is 29.2 Å². The number of benzene rings is 2. The van der Waals surface area contributed by atoms with Gasteiger partial charge in [0.15, 0.2) is 18.4 Å². The summed E-state index contributed by atoms with van der Waals surface area (Å²) in [4.78, 5) is 60.2. The Bertz CT molecular complexity index is 1810. The Morgan fingerprint density at radius 1 is 0.966 bits per heavy atom.